The van der Waals surface area contributed by atoms with Crippen molar-refractivity contribution in [3.63, 3.8) is 0 Å². The van der Waals surface area contributed by atoms with Crippen molar-refractivity contribution in [2.75, 3.05) is 13.2 Å². The molecule has 6 rings (SSSR count). The predicted octanol–water partition coefficient (Wildman–Crippen LogP) is 4.50. The zero-order chi connectivity index (χ0) is 21.1. The number of ether oxygens (including phenoxy) is 2. The van der Waals surface area contributed by atoms with Crippen molar-refractivity contribution < 1.29 is 18.7 Å². The van der Waals surface area contributed by atoms with Crippen LogP contribution in [0.2, 0.25) is 0 Å². The predicted molar refractivity (Wildman–Crippen MR) is 116 cm³/mol. The Labute approximate surface area is 185 Å². The highest BCUT2D eigenvalue weighted by molar-refractivity contribution is 5.75. The molecule has 0 amide bonds. The molecule has 1 aromatic rings. The summed E-state index contributed by atoms with van der Waals surface area (Å²) in [5, 5.41) is 3.83. The van der Waals surface area contributed by atoms with Gasteiger partial charge in [0.05, 0.1) is 24.4 Å². The van der Waals surface area contributed by atoms with Crippen LogP contribution in [0.15, 0.2) is 22.8 Å². The smallest absolute Gasteiger partial charge is 0.310 e. The number of rotatable bonds is 5. The minimum atomic E-state index is -0.00142. The van der Waals surface area contributed by atoms with E-state index in [1.54, 1.807) is 6.26 Å². The highest BCUT2D eigenvalue weighted by Crippen LogP contribution is 2.62. The maximum absolute atomic E-state index is 12.9. The fourth-order valence-electron chi connectivity index (χ4n) is 7.88. The fraction of sp³-hybridized carbons (Fsp3) is 0.808. The largest absolute Gasteiger partial charge is 0.469 e. The molecular weight excluding hydrogens is 390 g/mol. The van der Waals surface area contributed by atoms with Gasteiger partial charge in [-0.15, -0.1) is 0 Å². The van der Waals surface area contributed by atoms with Gasteiger partial charge in [-0.2, -0.15) is 0 Å². The minimum Gasteiger partial charge on any atom is -0.469 e. The van der Waals surface area contributed by atoms with Crippen LogP contribution in [-0.2, 0) is 20.7 Å². The molecule has 5 aliphatic rings. The third-order valence-electron chi connectivity index (χ3n) is 9.63. The van der Waals surface area contributed by atoms with Crippen LogP contribution in [0.1, 0.15) is 70.5 Å². The zero-order valence-corrected chi connectivity index (χ0v) is 18.8. The Balaban J connectivity index is 1.13. The van der Waals surface area contributed by atoms with Gasteiger partial charge in [-0.25, -0.2) is 0 Å². The summed E-state index contributed by atoms with van der Waals surface area (Å²) < 4.78 is 17.7. The van der Waals surface area contributed by atoms with Gasteiger partial charge in [0.2, 0.25) is 0 Å². The van der Waals surface area contributed by atoms with Crippen molar-refractivity contribution in [2.45, 2.75) is 88.9 Å². The Hall–Kier alpha value is -1.33. The molecule has 31 heavy (non-hydrogen) atoms. The number of epoxide rings is 1. The lowest BCUT2D eigenvalue weighted by Gasteiger charge is -2.51. The number of esters is 1. The van der Waals surface area contributed by atoms with E-state index < -0.39 is 0 Å². The van der Waals surface area contributed by atoms with E-state index in [9.17, 15) is 4.79 Å². The molecule has 2 saturated heterocycles. The van der Waals surface area contributed by atoms with Gasteiger partial charge in [-0.1, -0.05) is 19.8 Å². The number of nitrogens with one attached hydrogen (secondary N) is 1. The number of fused-ring (bicyclic) bond motifs is 3. The minimum absolute atomic E-state index is 0.00142. The zero-order valence-electron chi connectivity index (χ0n) is 18.8. The lowest BCUT2D eigenvalue weighted by atomic mass is 9.53. The van der Waals surface area contributed by atoms with Crippen molar-refractivity contribution >= 4 is 5.97 Å². The van der Waals surface area contributed by atoms with Crippen LogP contribution in [0, 0.1) is 29.1 Å². The third-order valence-corrected chi connectivity index (χ3v) is 9.63. The SMILES string of the molecule is C[C@]12CCC[C@]3(CO3)[C@@H]1C[C@H]1[C@@H](C2)OC(=O)[C@@H]1CN[C@@H]1CCCC[C@H]1Cc1ccco1. The molecule has 3 heterocycles. The van der Waals surface area contributed by atoms with Gasteiger partial charge in [0, 0.05) is 24.9 Å². The Morgan fingerprint density at radius 1 is 1.19 bits per heavy atom. The van der Waals surface area contributed by atoms with E-state index in [4.69, 9.17) is 13.9 Å². The molecule has 1 N–H and O–H groups in total. The first-order valence-corrected chi connectivity index (χ1v) is 12.7. The summed E-state index contributed by atoms with van der Waals surface area (Å²) in [4.78, 5) is 12.9. The van der Waals surface area contributed by atoms with Gasteiger partial charge in [0.15, 0.2) is 0 Å². The third kappa shape index (κ3) is 3.56. The molecule has 3 saturated carbocycles. The molecule has 3 aliphatic carbocycles. The number of carbonyl (C=O) groups excluding carboxylic acids is 1. The van der Waals surface area contributed by atoms with Crippen molar-refractivity contribution in [3.05, 3.63) is 24.2 Å². The van der Waals surface area contributed by atoms with E-state index in [0.29, 0.717) is 23.8 Å². The van der Waals surface area contributed by atoms with Crippen molar-refractivity contribution in [1.82, 2.24) is 5.32 Å². The van der Waals surface area contributed by atoms with E-state index in [2.05, 4.69) is 18.3 Å². The molecule has 5 nitrogen and oxygen atoms in total. The van der Waals surface area contributed by atoms with Gasteiger partial charge >= 0.3 is 5.97 Å². The second kappa shape index (κ2) is 7.62. The van der Waals surface area contributed by atoms with Gasteiger partial charge < -0.3 is 19.2 Å². The molecular formula is C26H37NO4. The maximum atomic E-state index is 12.9. The molecule has 5 heteroatoms. The lowest BCUT2D eigenvalue weighted by molar-refractivity contribution is -0.147. The highest BCUT2D eigenvalue weighted by atomic mass is 16.6. The summed E-state index contributed by atoms with van der Waals surface area (Å²) in [6.07, 6.45) is 13.7. The molecule has 5 fully saturated rings. The summed E-state index contributed by atoms with van der Waals surface area (Å²) in [5.41, 5.74) is 0.398. The normalized spacial score (nSPS) is 46.4. The van der Waals surface area contributed by atoms with Crippen LogP contribution in [0.4, 0.5) is 0 Å². The molecule has 8 atom stereocenters. The summed E-state index contributed by atoms with van der Waals surface area (Å²) in [6.45, 7) is 4.12. The van der Waals surface area contributed by atoms with E-state index in [-0.39, 0.29) is 29.0 Å². The summed E-state index contributed by atoms with van der Waals surface area (Å²) in [5.74, 6) is 2.65. The molecule has 0 unspecified atom stereocenters. The van der Waals surface area contributed by atoms with E-state index in [0.717, 1.165) is 38.2 Å². The second-order valence-electron chi connectivity index (χ2n) is 11.4. The van der Waals surface area contributed by atoms with Crippen LogP contribution in [0.5, 0.6) is 0 Å². The topological polar surface area (TPSA) is 64.0 Å². The Morgan fingerprint density at radius 3 is 2.87 bits per heavy atom. The van der Waals surface area contributed by atoms with Gasteiger partial charge in [0.25, 0.3) is 0 Å². The molecule has 1 spiro atoms. The lowest BCUT2D eigenvalue weighted by Crippen LogP contribution is -2.51. The van der Waals surface area contributed by atoms with Crippen LogP contribution >= 0.6 is 0 Å². The summed E-state index contributed by atoms with van der Waals surface area (Å²) in [6, 6.07) is 4.53. The number of furan rings is 1. The molecule has 1 aromatic heterocycles. The molecule has 0 bridgehead atoms. The fourth-order valence-corrected chi connectivity index (χ4v) is 7.88. The standard InChI is InChI=1S/C26H37NO4/c1-25-9-5-10-26(16-30-26)23(25)13-19-20(24(28)31-22(19)14-25)15-27-21-8-3-2-6-17(21)12-18-7-4-11-29-18/h4,7,11,17,19-23,27H,2-3,5-6,8-10,12-16H2,1H3/t17-,19+,20+,21+,22+,23+,25+,26-/m0/s1. The van der Waals surface area contributed by atoms with Crippen LogP contribution in [-0.4, -0.2) is 36.9 Å². The first-order chi connectivity index (χ1) is 15.1. The summed E-state index contributed by atoms with van der Waals surface area (Å²) >= 11 is 0. The molecule has 0 radical (unpaired) electrons. The van der Waals surface area contributed by atoms with E-state index >= 15 is 0 Å². The number of carbonyl (C=O) groups is 1. The van der Waals surface area contributed by atoms with Crippen LogP contribution in [0.25, 0.3) is 0 Å². The van der Waals surface area contributed by atoms with Gasteiger partial charge in [-0.3, -0.25) is 4.79 Å². The summed E-state index contributed by atoms with van der Waals surface area (Å²) in [7, 11) is 0. The Bertz CT molecular complexity index is 802. The van der Waals surface area contributed by atoms with Crippen molar-refractivity contribution in [2.24, 2.45) is 29.1 Å². The second-order valence-corrected chi connectivity index (χ2v) is 11.4. The van der Waals surface area contributed by atoms with Crippen LogP contribution in [0.3, 0.4) is 0 Å². The Kier molecular flexibility index (Phi) is 4.99. The Morgan fingerprint density at radius 2 is 2.06 bits per heavy atom. The average molecular weight is 428 g/mol. The van der Waals surface area contributed by atoms with E-state index in [1.165, 1.54) is 44.9 Å². The molecule has 2 aliphatic heterocycles. The first kappa shape index (κ1) is 20.3. The monoisotopic (exact) mass is 427 g/mol. The quantitative estimate of drug-likeness (QED) is 0.554. The van der Waals surface area contributed by atoms with Crippen molar-refractivity contribution in [1.29, 1.82) is 0 Å². The molecule has 170 valence electrons. The van der Waals surface area contributed by atoms with Crippen molar-refractivity contribution in [3.8, 4) is 0 Å². The van der Waals surface area contributed by atoms with E-state index in [1.807, 2.05) is 6.07 Å². The molecule has 0 aromatic carbocycles. The van der Waals surface area contributed by atoms with Gasteiger partial charge in [0.1, 0.15) is 11.9 Å². The average Bonchev–Trinajstić information content (AvgIpc) is 3.19. The highest BCUT2D eigenvalue weighted by Gasteiger charge is 2.65. The maximum Gasteiger partial charge on any atom is 0.310 e. The van der Waals surface area contributed by atoms with Gasteiger partial charge in [-0.05, 0) is 74.3 Å². The van der Waals surface area contributed by atoms with Crippen LogP contribution < -0.4 is 5.32 Å². The first-order valence-electron chi connectivity index (χ1n) is 12.7. The number of hydrogen-bond acceptors (Lipinski definition) is 5. The number of hydrogen-bond donors (Lipinski definition) is 1.